The maximum atomic E-state index is 14.1. The Balaban J connectivity index is 1.64. The number of carbonyl (C=O) groups is 1. The number of hydrogen-bond acceptors (Lipinski definition) is 3. The van der Waals surface area contributed by atoms with Crippen LogP contribution in [0.3, 0.4) is 0 Å². The number of aromatic nitrogens is 3. The number of nitrogens with one attached hydrogen (secondary N) is 1. The SMILES string of the molecule is O=C(Nc1ccc(Cl)c(Cl)c1)c1cc2nc3c(c(C(F)(F)F)n2n1)CCc1ccccc1-3. The van der Waals surface area contributed by atoms with Crippen molar-refractivity contribution in [2.75, 3.05) is 5.32 Å². The number of halogens is 5. The van der Waals surface area contributed by atoms with Gasteiger partial charge in [0, 0.05) is 22.9 Å². The van der Waals surface area contributed by atoms with Crippen molar-refractivity contribution in [1.82, 2.24) is 14.6 Å². The quantitative estimate of drug-likeness (QED) is 0.381. The molecule has 1 aliphatic rings. The van der Waals surface area contributed by atoms with E-state index < -0.39 is 17.8 Å². The summed E-state index contributed by atoms with van der Waals surface area (Å²) in [6.07, 6.45) is -4.04. The van der Waals surface area contributed by atoms with Gasteiger partial charge < -0.3 is 5.32 Å². The number of alkyl halides is 3. The van der Waals surface area contributed by atoms with E-state index in [4.69, 9.17) is 23.2 Å². The van der Waals surface area contributed by atoms with Gasteiger partial charge in [0.05, 0.1) is 15.7 Å². The number of rotatable bonds is 2. The fourth-order valence-corrected chi connectivity index (χ4v) is 4.20. The van der Waals surface area contributed by atoms with E-state index in [1.807, 2.05) is 12.1 Å². The Bertz CT molecular complexity index is 1400. The first-order valence-corrected chi connectivity index (χ1v) is 10.3. The summed E-state index contributed by atoms with van der Waals surface area (Å²) in [5.74, 6) is -0.694. The molecule has 5 rings (SSSR count). The summed E-state index contributed by atoms with van der Waals surface area (Å²) in [6.45, 7) is 0. The van der Waals surface area contributed by atoms with Gasteiger partial charge >= 0.3 is 6.18 Å². The van der Waals surface area contributed by atoms with Crippen LogP contribution >= 0.6 is 23.2 Å². The number of fused-ring (bicyclic) bond motifs is 4. The molecule has 0 unspecified atom stereocenters. The smallest absolute Gasteiger partial charge is 0.321 e. The molecule has 0 aliphatic heterocycles. The van der Waals surface area contributed by atoms with E-state index in [2.05, 4.69) is 15.4 Å². The molecule has 0 bridgehead atoms. The molecule has 2 heterocycles. The van der Waals surface area contributed by atoms with Crippen molar-refractivity contribution in [2.24, 2.45) is 0 Å². The zero-order valence-electron chi connectivity index (χ0n) is 16.2. The van der Waals surface area contributed by atoms with Crippen molar-refractivity contribution in [2.45, 2.75) is 19.0 Å². The van der Waals surface area contributed by atoms with Crippen molar-refractivity contribution in [3.8, 4) is 11.3 Å². The highest BCUT2D eigenvalue weighted by Crippen LogP contribution is 2.40. The molecule has 10 heteroatoms. The van der Waals surface area contributed by atoms with Gasteiger partial charge in [-0.15, -0.1) is 0 Å². The molecule has 0 atom stereocenters. The van der Waals surface area contributed by atoms with Crippen LogP contribution in [0.5, 0.6) is 0 Å². The predicted octanol–water partition coefficient (Wildman–Crippen LogP) is 6.07. The monoisotopic (exact) mass is 476 g/mol. The highest BCUT2D eigenvalue weighted by Gasteiger charge is 2.40. The van der Waals surface area contributed by atoms with Crippen molar-refractivity contribution >= 4 is 40.4 Å². The first kappa shape index (κ1) is 20.8. The molecule has 0 saturated heterocycles. The summed E-state index contributed by atoms with van der Waals surface area (Å²) in [4.78, 5) is 17.1. The first-order chi connectivity index (χ1) is 15.2. The number of aryl methyl sites for hydroxylation is 1. The number of hydrogen-bond donors (Lipinski definition) is 1. The van der Waals surface area contributed by atoms with Gasteiger partial charge in [0.25, 0.3) is 5.91 Å². The fourth-order valence-electron chi connectivity index (χ4n) is 3.90. The third-order valence-corrected chi connectivity index (χ3v) is 6.03. The Morgan fingerprint density at radius 3 is 2.56 bits per heavy atom. The summed E-state index contributed by atoms with van der Waals surface area (Å²) < 4.78 is 43.0. The van der Waals surface area contributed by atoms with Crippen LogP contribution in [0.25, 0.3) is 16.9 Å². The van der Waals surface area contributed by atoms with E-state index in [-0.39, 0.29) is 34.0 Å². The lowest BCUT2D eigenvalue weighted by atomic mass is 9.88. The second-order valence-corrected chi connectivity index (χ2v) is 8.14. The molecule has 5 nitrogen and oxygen atoms in total. The lowest BCUT2D eigenvalue weighted by Crippen LogP contribution is -2.21. The first-order valence-electron chi connectivity index (χ1n) is 9.57. The minimum atomic E-state index is -4.68. The zero-order chi connectivity index (χ0) is 22.6. The zero-order valence-corrected chi connectivity index (χ0v) is 17.7. The lowest BCUT2D eigenvalue weighted by molar-refractivity contribution is -0.143. The van der Waals surface area contributed by atoms with Crippen molar-refractivity contribution in [3.63, 3.8) is 0 Å². The summed E-state index contributed by atoms with van der Waals surface area (Å²) in [5.41, 5.74) is 1.08. The lowest BCUT2D eigenvalue weighted by Gasteiger charge is -2.23. The average molecular weight is 477 g/mol. The van der Waals surface area contributed by atoms with E-state index in [1.165, 1.54) is 24.3 Å². The molecule has 1 N–H and O–H groups in total. The second kappa shape index (κ2) is 7.50. The molecule has 2 aromatic heterocycles. The maximum absolute atomic E-state index is 14.1. The van der Waals surface area contributed by atoms with Gasteiger partial charge in [0.15, 0.2) is 17.0 Å². The van der Waals surface area contributed by atoms with Crippen molar-refractivity contribution in [1.29, 1.82) is 0 Å². The standard InChI is InChI=1S/C22H13Cl2F3N4O/c23-15-8-6-12(9-16(15)24)28-21(32)17-10-18-29-19-13-4-2-1-3-11(13)5-7-14(19)20(22(25,26)27)31(18)30-17/h1-4,6,8-10H,5,7H2,(H,28,32). The minimum absolute atomic E-state index is 0.0629. The molecule has 162 valence electrons. The molecular formula is C22H13Cl2F3N4O. The fraction of sp³-hybridized carbons (Fsp3) is 0.136. The number of nitrogens with zero attached hydrogens (tertiary/aromatic N) is 3. The van der Waals surface area contributed by atoms with Crippen LogP contribution in [0.1, 0.15) is 27.3 Å². The van der Waals surface area contributed by atoms with Crippen molar-refractivity contribution < 1.29 is 18.0 Å². The predicted molar refractivity (Wildman–Crippen MR) is 115 cm³/mol. The Kier molecular flexibility index (Phi) is 4.87. The molecule has 32 heavy (non-hydrogen) atoms. The molecule has 1 aliphatic carbocycles. The highest BCUT2D eigenvalue weighted by molar-refractivity contribution is 6.42. The van der Waals surface area contributed by atoms with Gasteiger partial charge in [0.2, 0.25) is 0 Å². The molecule has 2 aromatic carbocycles. The van der Waals surface area contributed by atoms with Gasteiger partial charge in [-0.2, -0.15) is 18.3 Å². The van der Waals surface area contributed by atoms with E-state index in [0.717, 1.165) is 5.56 Å². The van der Waals surface area contributed by atoms with Gasteiger partial charge in [-0.1, -0.05) is 47.5 Å². The Morgan fingerprint density at radius 1 is 1.03 bits per heavy atom. The van der Waals surface area contributed by atoms with Crippen LogP contribution in [-0.4, -0.2) is 20.5 Å². The molecule has 4 aromatic rings. The summed E-state index contributed by atoms with van der Waals surface area (Å²) in [5, 5.41) is 7.04. The van der Waals surface area contributed by atoms with E-state index in [9.17, 15) is 18.0 Å². The summed E-state index contributed by atoms with van der Waals surface area (Å²) in [7, 11) is 0. The highest BCUT2D eigenvalue weighted by atomic mass is 35.5. The Hall–Kier alpha value is -3.10. The average Bonchev–Trinajstić information content (AvgIpc) is 3.17. The number of amides is 1. The Labute approximate surface area is 189 Å². The van der Waals surface area contributed by atoms with Crippen LogP contribution in [0.2, 0.25) is 10.0 Å². The van der Waals surface area contributed by atoms with Crippen LogP contribution in [0.4, 0.5) is 18.9 Å². The van der Waals surface area contributed by atoms with Crippen LogP contribution in [-0.2, 0) is 19.0 Å². The molecule has 1 amide bonds. The minimum Gasteiger partial charge on any atom is -0.321 e. The summed E-state index contributed by atoms with van der Waals surface area (Å²) in [6, 6.07) is 12.9. The third kappa shape index (κ3) is 3.49. The van der Waals surface area contributed by atoms with E-state index >= 15 is 0 Å². The van der Waals surface area contributed by atoms with Crippen LogP contribution in [0, 0.1) is 0 Å². The molecular weight excluding hydrogens is 464 g/mol. The van der Waals surface area contributed by atoms with Crippen molar-refractivity contribution in [3.05, 3.63) is 81.1 Å². The Morgan fingerprint density at radius 2 is 1.81 bits per heavy atom. The number of anilines is 1. The topological polar surface area (TPSA) is 59.3 Å². The summed E-state index contributed by atoms with van der Waals surface area (Å²) >= 11 is 11.8. The van der Waals surface area contributed by atoms with Gasteiger partial charge in [-0.05, 0) is 36.6 Å². The molecule has 0 saturated carbocycles. The van der Waals surface area contributed by atoms with E-state index in [1.54, 1.807) is 12.1 Å². The number of carbonyl (C=O) groups excluding carboxylic acids is 1. The molecule has 0 fully saturated rings. The van der Waals surface area contributed by atoms with Crippen LogP contribution in [0.15, 0.2) is 48.5 Å². The number of benzene rings is 2. The largest absolute Gasteiger partial charge is 0.433 e. The third-order valence-electron chi connectivity index (χ3n) is 5.30. The van der Waals surface area contributed by atoms with Gasteiger partial charge in [-0.25, -0.2) is 9.50 Å². The second-order valence-electron chi connectivity index (χ2n) is 7.33. The van der Waals surface area contributed by atoms with E-state index in [0.29, 0.717) is 27.2 Å². The van der Waals surface area contributed by atoms with Gasteiger partial charge in [0.1, 0.15) is 0 Å². The molecule has 0 radical (unpaired) electrons. The maximum Gasteiger partial charge on any atom is 0.433 e. The normalized spacial score (nSPS) is 13.0. The van der Waals surface area contributed by atoms with Crippen LogP contribution < -0.4 is 5.32 Å². The molecule has 0 spiro atoms. The van der Waals surface area contributed by atoms with Gasteiger partial charge in [-0.3, -0.25) is 4.79 Å².